The number of pyridine rings is 1. The van der Waals surface area contributed by atoms with Crippen LogP contribution in [0.5, 0.6) is 11.8 Å². The molecule has 3 atom stereocenters. The number of aromatic hydroxyl groups is 1. The Kier molecular flexibility index (Phi) is 7.83. The van der Waals surface area contributed by atoms with Crippen molar-refractivity contribution in [2.45, 2.75) is 56.8 Å². The fourth-order valence-electron chi connectivity index (χ4n) is 7.64. The number of nitrogens with zero attached hydrogens (tertiary/aromatic N) is 6. The second-order valence-electron chi connectivity index (χ2n) is 12.9. The van der Waals surface area contributed by atoms with Gasteiger partial charge in [0.15, 0.2) is 5.82 Å². The number of aromatic nitrogens is 3. The molecule has 1 amide bonds. The lowest BCUT2D eigenvalue weighted by atomic mass is 9.95. The number of anilines is 1. The minimum absolute atomic E-state index is 0.0602. The van der Waals surface area contributed by atoms with Gasteiger partial charge in [0.2, 0.25) is 5.91 Å². The maximum Gasteiger partial charge on any atom is 0.319 e. The summed E-state index contributed by atoms with van der Waals surface area (Å²) in [5, 5.41) is 11.5. The quantitative estimate of drug-likeness (QED) is 0.286. The number of hydrogen-bond donors (Lipinski definition) is 1. The van der Waals surface area contributed by atoms with Crippen molar-refractivity contribution in [3.05, 3.63) is 47.7 Å². The monoisotopic (exact) mass is 644 g/mol. The molecule has 9 nitrogen and oxygen atoms in total. The SMILES string of the molecule is C#Cc1c(F)ccc2cc(O)cc(-c3ncc4c(N5CCC[C@@H](N(C)C(C)=O)C5)nc(OC[C@@]56CCCN5C[C@H](F)C6)nc4c3F)c12. The fraction of sp³-hybridized carbons (Fsp3) is 0.429. The summed E-state index contributed by atoms with van der Waals surface area (Å²) in [6.07, 6.45) is 9.81. The van der Waals surface area contributed by atoms with E-state index in [-0.39, 0.29) is 58.0 Å². The summed E-state index contributed by atoms with van der Waals surface area (Å²) in [6.45, 7) is 3.86. The molecule has 0 radical (unpaired) electrons. The molecular formula is C35H35F3N6O3. The first-order valence-electron chi connectivity index (χ1n) is 15.9. The number of terminal acetylenes is 1. The van der Waals surface area contributed by atoms with E-state index >= 15 is 4.39 Å². The first-order chi connectivity index (χ1) is 22.6. The number of alkyl halides is 1. The van der Waals surface area contributed by atoms with Crippen molar-refractivity contribution in [1.29, 1.82) is 0 Å². The van der Waals surface area contributed by atoms with Crippen molar-refractivity contribution in [3.63, 3.8) is 0 Å². The Morgan fingerprint density at radius 1 is 1.21 bits per heavy atom. The van der Waals surface area contributed by atoms with E-state index in [1.807, 2.05) is 4.90 Å². The fourth-order valence-corrected chi connectivity index (χ4v) is 7.64. The molecule has 3 saturated heterocycles. The number of phenolic OH excluding ortho intramolecular Hbond substituents is 1. The van der Waals surface area contributed by atoms with Gasteiger partial charge in [-0.2, -0.15) is 9.97 Å². The summed E-state index contributed by atoms with van der Waals surface area (Å²) in [6, 6.07) is 5.23. The van der Waals surface area contributed by atoms with Gasteiger partial charge in [-0.1, -0.05) is 12.0 Å². The third kappa shape index (κ3) is 5.36. The first kappa shape index (κ1) is 31.0. The molecule has 0 unspecified atom stereocenters. The first-order valence-corrected chi connectivity index (χ1v) is 15.9. The van der Waals surface area contributed by atoms with E-state index in [1.165, 1.54) is 37.4 Å². The molecule has 1 N–H and O–H groups in total. The minimum Gasteiger partial charge on any atom is -0.508 e. The zero-order valence-electron chi connectivity index (χ0n) is 26.3. The van der Waals surface area contributed by atoms with E-state index in [0.717, 1.165) is 32.2 Å². The van der Waals surface area contributed by atoms with Gasteiger partial charge in [-0.15, -0.1) is 6.42 Å². The Hall–Kier alpha value is -4.63. The molecule has 5 heterocycles. The molecule has 3 aliphatic rings. The topological polar surface area (TPSA) is 94.9 Å². The molecule has 0 spiro atoms. The molecule has 3 aliphatic heterocycles. The van der Waals surface area contributed by atoms with Crippen LogP contribution >= 0.6 is 0 Å². The zero-order chi connectivity index (χ0) is 33.0. The Bertz CT molecular complexity index is 1950. The third-order valence-corrected chi connectivity index (χ3v) is 10.1. The highest BCUT2D eigenvalue weighted by molar-refractivity contribution is 6.03. The summed E-state index contributed by atoms with van der Waals surface area (Å²) in [7, 11) is 1.76. The predicted molar refractivity (Wildman–Crippen MR) is 172 cm³/mol. The van der Waals surface area contributed by atoms with Gasteiger partial charge in [-0.05, 0) is 55.8 Å². The van der Waals surface area contributed by atoms with Crippen LogP contribution < -0.4 is 9.64 Å². The van der Waals surface area contributed by atoms with Gasteiger partial charge in [0.25, 0.3) is 0 Å². The molecule has 4 aromatic rings. The largest absolute Gasteiger partial charge is 0.508 e. The number of likely N-dealkylation sites (N-methyl/N-ethyl adjacent to an activating group) is 1. The highest BCUT2D eigenvalue weighted by Crippen LogP contribution is 2.42. The van der Waals surface area contributed by atoms with Gasteiger partial charge in [-0.25, -0.2) is 13.2 Å². The van der Waals surface area contributed by atoms with Crippen molar-refractivity contribution < 1.29 is 27.8 Å². The minimum atomic E-state index is -0.948. The number of piperidine rings is 1. The number of halogens is 3. The van der Waals surface area contributed by atoms with Crippen LogP contribution in [0.1, 0.15) is 44.6 Å². The lowest BCUT2D eigenvalue weighted by Gasteiger charge is -2.38. The van der Waals surface area contributed by atoms with Crippen molar-refractivity contribution in [2.75, 3.05) is 44.7 Å². The standard InChI is InChI=1S/C35H35F3N6O3/c1-4-25-28(37)9-8-21-13-24(46)14-26(29(21)25)31-30(38)32-27(16-39-31)33(43-11-5-7-23(18-43)42(3)20(2)45)41-34(40-32)47-19-35-10-6-12-44(35)17-22(36)15-35/h1,8-9,13-14,16,22-23,46H,5-7,10-12,15,17-19H2,2-3H3/t22-,23-,35+/m1/s1. The van der Waals surface area contributed by atoms with Crippen LogP contribution in [0.15, 0.2) is 30.5 Å². The Morgan fingerprint density at radius 2 is 2.04 bits per heavy atom. The van der Waals surface area contributed by atoms with Gasteiger partial charge in [0, 0.05) is 63.2 Å². The Labute approximate surface area is 270 Å². The third-order valence-electron chi connectivity index (χ3n) is 10.1. The highest BCUT2D eigenvalue weighted by Gasteiger charge is 2.49. The molecule has 0 aliphatic carbocycles. The van der Waals surface area contributed by atoms with E-state index in [2.05, 4.69) is 20.8 Å². The number of carbonyl (C=O) groups is 1. The number of benzene rings is 2. The molecule has 3 fully saturated rings. The molecule has 2 aromatic heterocycles. The summed E-state index contributed by atoms with van der Waals surface area (Å²) >= 11 is 0. The lowest BCUT2D eigenvalue weighted by Crippen LogP contribution is -2.48. The highest BCUT2D eigenvalue weighted by atomic mass is 19.1. The van der Waals surface area contributed by atoms with E-state index in [0.29, 0.717) is 42.6 Å². The number of fused-ring (bicyclic) bond motifs is 3. The number of carbonyl (C=O) groups excluding carboxylic acids is 1. The van der Waals surface area contributed by atoms with Crippen molar-refractivity contribution in [2.24, 2.45) is 0 Å². The van der Waals surface area contributed by atoms with Crippen LogP contribution in [0.4, 0.5) is 19.0 Å². The van der Waals surface area contributed by atoms with E-state index in [9.17, 15) is 18.7 Å². The maximum atomic E-state index is 16.8. The number of phenols is 1. The van der Waals surface area contributed by atoms with Gasteiger partial charge >= 0.3 is 6.01 Å². The van der Waals surface area contributed by atoms with Crippen LogP contribution in [0.3, 0.4) is 0 Å². The van der Waals surface area contributed by atoms with Gasteiger partial charge in [0.05, 0.1) is 16.5 Å². The summed E-state index contributed by atoms with van der Waals surface area (Å²) in [5.41, 5.74) is -0.709. The second-order valence-corrected chi connectivity index (χ2v) is 12.9. The van der Waals surface area contributed by atoms with Gasteiger partial charge < -0.3 is 19.6 Å². The van der Waals surface area contributed by atoms with Gasteiger partial charge in [-0.3, -0.25) is 14.7 Å². The van der Waals surface area contributed by atoms with E-state index in [4.69, 9.17) is 16.1 Å². The number of rotatable bonds is 6. The van der Waals surface area contributed by atoms with Crippen molar-refractivity contribution in [3.8, 4) is 35.4 Å². The number of amides is 1. The summed E-state index contributed by atoms with van der Waals surface area (Å²) in [5.74, 6) is 1.03. The van der Waals surface area contributed by atoms with Crippen LogP contribution in [-0.4, -0.2) is 93.4 Å². The average molecular weight is 645 g/mol. The van der Waals surface area contributed by atoms with Crippen LogP contribution in [-0.2, 0) is 4.79 Å². The molecule has 244 valence electrons. The smallest absolute Gasteiger partial charge is 0.319 e. The van der Waals surface area contributed by atoms with Crippen molar-refractivity contribution in [1.82, 2.24) is 24.8 Å². The van der Waals surface area contributed by atoms with E-state index in [1.54, 1.807) is 11.9 Å². The molecule has 2 aromatic carbocycles. The molecule has 12 heteroatoms. The molecule has 0 bridgehead atoms. The van der Waals surface area contributed by atoms with Crippen LogP contribution in [0, 0.1) is 24.0 Å². The molecule has 47 heavy (non-hydrogen) atoms. The number of hydrogen-bond acceptors (Lipinski definition) is 8. The summed E-state index contributed by atoms with van der Waals surface area (Å²) < 4.78 is 52.4. The molecule has 7 rings (SSSR count). The average Bonchev–Trinajstić information content (AvgIpc) is 3.59. The number of ether oxygens (including phenoxy) is 1. The lowest BCUT2D eigenvalue weighted by molar-refractivity contribution is -0.129. The van der Waals surface area contributed by atoms with Crippen molar-refractivity contribution >= 4 is 33.4 Å². The predicted octanol–water partition coefficient (Wildman–Crippen LogP) is 5.21. The van der Waals surface area contributed by atoms with Gasteiger partial charge in [0.1, 0.15) is 41.4 Å². The van der Waals surface area contributed by atoms with Crippen LogP contribution in [0.25, 0.3) is 32.9 Å². The maximum absolute atomic E-state index is 16.8. The molecule has 0 saturated carbocycles. The van der Waals surface area contributed by atoms with E-state index < -0.39 is 23.3 Å². The second kappa shape index (κ2) is 11.9. The molecular weight excluding hydrogens is 609 g/mol. The summed E-state index contributed by atoms with van der Waals surface area (Å²) in [4.78, 5) is 31.7. The normalized spacial score (nSPS) is 22.9. The van der Waals surface area contributed by atoms with Crippen LogP contribution in [0.2, 0.25) is 0 Å². The Balaban J connectivity index is 1.37. The Morgan fingerprint density at radius 3 is 2.83 bits per heavy atom. The zero-order valence-corrected chi connectivity index (χ0v) is 26.3.